The van der Waals surface area contributed by atoms with Crippen LogP contribution < -0.4 is 5.32 Å². The Morgan fingerprint density at radius 1 is 1.33 bits per heavy atom. The molecule has 0 aromatic carbocycles. The van der Waals surface area contributed by atoms with Gasteiger partial charge in [0.15, 0.2) is 0 Å². The van der Waals surface area contributed by atoms with Crippen molar-refractivity contribution >= 4 is 5.91 Å². The molecule has 1 atom stereocenters. The predicted octanol–water partition coefficient (Wildman–Crippen LogP) is 1.12. The minimum atomic E-state index is 0.161. The standard InChI is InChI=1S/C16H24N4O/c21-15(12-1-2-13-10-18-19-14(13)9-12)20-7-4-16(5-8-20)3-6-17-11-16/h10,12,17H,1-9,11H2,(H,18,19). The number of aromatic nitrogens is 2. The first-order valence-electron chi connectivity index (χ1n) is 8.26. The fraction of sp³-hybridized carbons (Fsp3) is 0.750. The average Bonchev–Trinajstić information content (AvgIpc) is 3.16. The van der Waals surface area contributed by atoms with E-state index in [4.69, 9.17) is 0 Å². The van der Waals surface area contributed by atoms with Gasteiger partial charge in [-0.2, -0.15) is 5.10 Å². The molecule has 5 nitrogen and oxygen atoms in total. The summed E-state index contributed by atoms with van der Waals surface area (Å²) in [5.41, 5.74) is 2.96. The number of H-pyrrole nitrogens is 1. The number of carbonyl (C=O) groups is 1. The number of hydrogen-bond donors (Lipinski definition) is 2. The number of nitrogens with zero attached hydrogens (tertiary/aromatic N) is 2. The molecule has 3 heterocycles. The predicted molar refractivity (Wildman–Crippen MR) is 79.8 cm³/mol. The molecule has 1 aromatic heterocycles. The van der Waals surface area contributed by atoms with Crippen molar-refractivity contribution in [1.29, 1.82) is 0 Å². The van der Waals surface area contributed by atoms with Gasteiger partial charge in [-0.25, -0.2) is 0 Å². The van der Waals surface area contributed by atoms with Crippen LogP contribution in [0.25, 0.3) is 0 Å². The molecular formula is C16H24N4O. The molecule has 5 heteroatoms. The van der Waals surface area contributed by atoms with E-state index in [-0.39, 0.29) is 5.92 Å². The van der Waals surface area contributed by atoms with Gasteiger partial charge in [-0.1, -0.05) is 0 Å². The second-order valence-corrected chi connectivity index (χ2v) is 7.07. The van der Waals surface area contributed by atoms with Crippen molar-refractivity contribution in [3.05, 3.63) is 17.5 Å². The van der Waals surface area contributed by atoms with Gasteiger partial charge in [0.1, 0.15) is 0 Å². The first-order chi connectivity index (χ1) is 10.3. The summed E-state index contributed by atoms with van der Waals surface area (Å²) in [7, 11) is 0. The van der Waals surface area contributed by atoms with Gasteiger partial charge in [0.25, 0.3) is 0 Å². The van der Waals surface area contributed by atoms with Gasteiger partial charge in [0.05, 0.1) is 6.20 Å². The van der Waals surface area contributed by atoms with Crippen molar-refractivity contribution in [1.82, 2.24) is 20.4 Å². The van der Waals surface area contributed by atoms with Crippen molar-refractivity contribution in [2.24, 2.45) is 11.3 Å². The van der Waals surface area contributed by atoms with Crippen LogP contribution in [0.5, 0.6) is 0 Å². The van der Waals surface area contributed by atoms with E-state index in [9.17, 15) is 4.79 Å². The third kappa shape index (κ3) is 2.37. The lowest BCUT2D eigenvalue weighted by Gasteiger charge is -2.40. The molecule has 2 aliphatic heterocycles. The Kier molecular flexibility index (Phi) is 3.25. The fourth-order valence-corrected chi connectivity index (χ4v) is 4.30. The highest BCUT2D eigenvalue weighted by Crippen LogP contribution is 2.37. The molecule has 0 bridgehead atoms. The lowest BCUT2D eigenvalue weighted by molar-refractivity contribution is -0.138. The van der Waals surface area contributed by atoms with E-state index < -0.39 is 0 Å². The van der Waals surface area contributed by atoms with E-state index in [2.05, 4.69) is 20.4 Å². The summed E-state index contributed by atoms with van der Waals surface area (Å²) >= 11 is 0. The molecular weight excluding hydrogens is 264 g/mol. The van der Waals surface area contributed by atoms with Crippen molar-refractivity contribution < 1.29 is 4.79 Å². The molecule has 1 unspecified atom stereocenters. The maximum atomic E-state index is 12.8. The minimum Gasteiger partial charge on any atom is -0.342 e. The Morgan fingerprint density at radius 3 is 2.95 bits per heavy atom. The summed E-state index contributed by atoms with van der Waals surface area (Å²) in [6.07, 6.45) is 8.36. The number of aryl methyl sites for hydroxylation is 1. The van der Waals surface area contributed by atoms with Gasteiger partial charge >= 0.3 is 0 Å². The highest BCUT2D eigenvalue weighted by Gasteiger charge is 2.39. The van der Waals surface area contributed by atoms with Gasteiger partial charge < -0.3 is 10.2 Å². The molecule has 1 amide bonds. The molecule has 2 fully saturated rings. The number of likely N-dealkylation sites (tertiary alicyclic amines) is 1. The van der Waals surface area contributed by atoms with Crippen molar-refractivity contribution in [2.45, 2.75) is 38.5 Å². The number of fused-ring (bicyclic) bond motifs is 1. The molecule has 1 aliphatic carbocycles. The van der Waals surface area contributed by atoms with Crippen LogP contribution in [0.1, 0.15) is 36.9 Å². The molecule has 4 rings (SSSR count). The van der Waals surface area contributed by atoms with E-state index in [1.165, 1.54) is 30.5 Å². The molecule has 21 heavy (non-hydrogen) atoms. The quantitative estimate of drug-likeness (QED) is 0.814. The number of carbonyl (C=O) groups excluding carboxylic acids is 1. The smallest absolute Gasteiger partial charge is 0.226 e. The van der Waals surface area contributed by atoms with E-state index >= 15 is 0 Å². The highest BCUT2D eigenvalue weighted by molar-refractivity contribution is 5.79. The molecule has 0 radical (unpaired) electrons. The lowest BCUT2D eigenvalue weighted by atomic mass is 9.77. The van der Waals surface area contributed by atoms with Crippen LogP contribution in [0.2, 0.25) is 0 Å². The second-order valence-electron chi connectivity index (χ2n) is 7.07. The average molecular weight is 288 g/mol. The molecule has 2 N–H and O–H groups in total. The molecule has 3 aliphatic rings. The summed E-state index contributed by atoms with van der Waals surface area (Å²) in [4.78, 5) is 14.9. The molecule has 1 spiro atoms. The van der Waals surface area contributed by atoms with Gasteiger partial charge in [-0.15, -0.1) is 0 Å². The van der Waals surface area contributed by atoms with E-state index in [0.717, 1.165) is 45.4 Å². The van der Waals surface area contributed by atoms with E-state index in [1.807, 2.05) is 6.20 Å². The second kappa shape index (κ2) is 5.13. The van der Waals surface area contributed by atoms with Crippen molar-refractivity contribution in [2.75, 3.05) is 26.2 Å². The van der Waals surface area contributed by atoms with Crippen LogP contribution in [0.3, 0.4) is 0 Å². The number of piperidine rings is 1. The van der Waals surface area contributed by atoms with Crippen LogP contribution in [-0.2, 0) is 17.6 Å². The van der Waals surface area contributed by atoms with Crippen molar-refractivity contribution in [3.8, 4) is 0 Å². The zero-order valence-corrected chi connectivity index (χ0v) is 12.5. The maximum Gasteiger partial charge on any atom is 0.226 e. The fourth-order valence-electron chi connectivity index (χ4n) is 4.30. The number of amides is 1. The Labute approximate surface area is 125 Å². The van der Waals surface area contributed by atoms with Crippen LogP contribution in [0.15, 0.2) is 6.20 Å². The highest BCUT2D eigenvalue weighted by atomic mass is 16.2. The number of aromatic amines is 1. The zero-order chi connectivity index (χ0) is 14.3. The summed E-state index contributed by atoms with van der Waals surface area (Å²) < 4.78 is 0. The Morgan fingerprint density at radius 2 is 2.19 bits per heavy atom. The van der Waals surface area contributed by atoms with Gasteiger partial charge in [-0.3, -0.25) is 9.89 Å². The van der Waals surface area contributed by atoms with Gasteiger partial charge in [0, 0.05) is 37.7 Å². The number of rotatable bonds is 1. The monoisotopic (exact) mass is 288 g/mol. The van der Waals surface area contributed by atoms with E-state index in [0.29, 0.717) is 11.3 Å². The SMILES string of the molecule is O=C(C1CCc2cn[nH]c2C1)N1CCC2(CCNC2)CC1. The zero-order valence-electron chi connectivity index (χ0n) is 12.5. The van der Waals surface area contributed by atoms with Crippen LogP contribution in [0, 0.1) is 11.3 Å². The number of nitrogens with one attached hydrogen (secondary N) is 2. The minimum absolute atomic E-state index is 0.161. The lowest BCUT2D eigenvalue weighted by Crippen LogP contribution is -2.46. The third-order valence-corrected chi connectivity index (χ3v) is 5.84. The Balaban J connectivity index is 1.38. The number of hydrogen-bond acceptors (Lipinski definition) is 3. The Hall–Kier alpha value is -1.36. The maximum absolute atomic E-state index is 12.8. The summed E-state index contributed by atoms with van der Waals surface area (Å²) in [5, 5.41) is 10.6. The summed E-state index contributed by atoms with van der Waals surface area (Å²) in [6, 6.07) is 0. The first kappa shape index (κ1) is 13.3. The molecule has 114 valence electrons. The topological polar surface area (TPSA) is 61.0 Å². The van der Waals surface area contributed by atoms with Crippen LogP contribution in [0.4, 0.5) is 0 Å². The molecule has 1 aromatic rings. The largest absolute Gasteiger partial charge is 0.342 e. The van der Waals surface area contributed by atoms with Crippen LogP contribution >= 0.6 is 0 Å². The molecule has 2 saturated heterocycles. The van der Waals surface area contributed by atoms with Gasteiger partial charge in [0.2, 0.25) is 5.91 Å². The molecule has 0 saturated carbocycles. The van der Waals surface area contributed by atoms with Crippen molar-refractivity contribution in [3.63, 3.8) is 0 Å². The third-order valence-electron chi connectivity index (χ3n) is 5.84. The van der Waals surface area contributed by atoms with Gasteiger partial charge in [-0.05, 0) is 49.6 Å². The Bertz CT molecular complexity index is 522. The van der Waals surface area contributed by atoms with Crippen LogP contribution in [-0.4, -0.2) is 47.2 Å². The normalized spacial score (nSPS) is 27.8. The first-order valence-corrected chi connectivity index (χ1v) is 8.26. The van der Waals surface area contributed by atoms with E-state index in [1.54, 1.807) is 0 Å². The summed E-state index contributed by atoms with van der Waals surface area (Å²) in [5.74, 6) is 0.532. The summed E-state index contributed by atoms with van der Waals surface area (Å²) in [6.45, 7) is 4.20.